The van der Waals surface area contributed by atoms with Gasteiger partial charge in [-0.15, -0.1) is 0 Å². The molecule has 1 aliphatic heterocycles. The summed E-state index contributed by atoms with van der Waals surface area (Å²) in [5, 5.41) is 0. The van der Waals surface area contributed by atoms with Gasteiger partial charge in [0.25, 0.3) is 0 Å². The van der Waals surface area contributed by atoms with Crippen LogP contribution in [0.4, 0.5) is 5.69 Å². The Morgan fingerprint density at radius 3 is 3.18 bits per heavy atom. The van der Waals surface area contributed by atoms with Gasteiger partial charge < -0.3 is 9.64 Å². The molecule has 1 aromatic heterocycles. The Morgan fingerprint density at radius 1 is 1.65 bits per heavy atom. The zero-order valence-corrected chi connectivity index (χ0v) is 10.3. The summed E-state index contributed by atoms with van der Waals surface area (Å²) in [6, 6.07) is 1.84. The van der Waals surface area contributed by atoms with E-state index >= 15 is 0 Å². The highest BCUT2D eigenvalue weighted by Gasteiger charge is 2.32. The van der Waals surface area contributed by atoms with Crippen LogP contribution in [0.15, 0.2) is 18.5 Å². The topological polar surface area (TPSA) is 42.4 Å². The molecule has 2 rings (SSSR count). The van der Waals surface area contributed by atoms with Crippen LogP contribution in [0.2, 0.25) is 0 Å². The van der Waals surface area contributed by atoms with Gasteiger partial charge in [0, 0.05) is 24.6 Å². The summed E-state index contributed by atoms with van der Waals surface area (Å²) >= 11 is 0. The number of nitrogens with zero attached hydrogens (tertiary/aromatic N) is 2. The van der Waals surface area contributed by atoms with Crippen LogP contribution in [0.5, 0.6) is 0 Å². The SMILES string of the molecule is CCOC(=O)C1CCCN1c1ccncc1C. The first-order valence-corrected chi connectivity index (χ1v) is 6.08. The minimum atomic E-state index is -0.129. The summed E-state index contributed by atoms with van der Waals surface area (Å²) in [5.74, 6) is -0.110. The van der Waals surface area contributed by atoms with E-state index in [2.05, 4.69) is 9.88 Å². The molecule has 17 heavy (non-hydrogen) atoms. The number of aryl methyl sites for hydroxylation is 1. The highest BCUT2D eigenvalue weighted by Crippen LogP contribution is 2.28. The van der Waals surface area contributed by atoms with E-state index in [1.165, 1.54) is 0 Å². The second-order valence-electron chi connectivity index (χ2n) is 4.27. The van der Waals surface area contributed by atoms with Gasteiger partial charge in [0.1, 0.15) is 6.04 Å². The van der Waals surface area contributed by atoms with E-state index < -0.39 is 0 Å². The highest BCUT2D eigenvalue weighted by molar-refractivity contribution is 5.81. The molecule has 4 nitrogen and oxygen atoms in total. The number of carbonyl (C=O) groups excluding carboxylic acids is 1. The van der Waals surface area contributed by atoms with Crippen LogP contribution in [0.3, 0.4) is 0 Å². The van der Waals surface area contributed by atoms with E-state index in [0.29, 0.717) is 6.61 Å². The molecule has 0 radical (unpaired) electrons. The fourth-order valence-corrected chi connectivity index (χ4v) is 2.33. The van der Waals surface area contributed by atoms with Crippen LogP contribution in [0.25, 0.3) is 0 Å². The van der Waals surface area contributed by atoms with E-state index in [1.807, 2.05) is 26.1 Å². The zero-order valence-electron chi connectivity index (χ0n) is 10.3. The molecule has 1 atom stereocenters. The van der Waals surface area contributed by atoms with E-state index in [-0.39, 0.29) is 12.0 Å². The second-order valence-corrected chi connectivity index (χ2v) is 4.27. The molecule has 0 aromatic carbocycles. The van der Waals surface area contributed by atoms with Gasteiger partial charge in [0.2, 0.25) is 0 Å². The maximum absolute atomic E-state index is 11.9. The lowest BCUT2D eigenvalue weighted by molar-refractivity contribution is -0.144. The van der Waals surface area contributed by atoms with Crippen molar-refractivity contribution < 1.29 is 9.53 Å². The van der Waals surface area contributed by atoms with Gasteiger partial charge in [-0.1, -0.05) is 0 Å². The predicted octanol–water partition coefficient (Wildman–Crippen LogP) is 1.92. The summed E-state index contributed by atoms with van der Waals surface area (Å²) in [7, 11) is 0. The smallest absolute Gasteiger partial charge is 0.328 e. The maximum atomic E-state index is 11.9. The number of anilines is 1. The standard InChI is InChI=1S/C13H18N2O2/c1-3-17-13(16)12-5-4-8-15(12)11-6-7-14-9-10(11)2/h6-7,9,12H,3-5,8H2,1-2H3. The summed E-state index contributed by atoms with van der Waals surface area (Å²) in [6.45, 7) is 5.21. The average Bonchev–Trinajstić information content (AvgIpc) is 2.79. The average molecular weight is 234 g/mol. The number of hydrogen-bond acceptors (Lipinski definition) is 4. The maximum Gasteiger partial charge on any atom is 0.328 e. The minimum absolute atomic E-state index is 0.110. The van der Waals surface area contributed by atoms with Crippen molar-refractivity contribution in [1.82, 2.24) is 4.98 Å². The Hall–Kier alpha value is -1.58. The van der Waals surface area contributed by atoms with Gasteiger partial charge in [-0.25, -0.2) is 4.79 Å². The second kappa shape index (κ2) is 5.17. The largest absolute Gasteiger partial charge is 0.464 e. The first-order chi connectivity index (χ1) is 8.24. The Morgan fingerprint density at radius 2 is 2.47 bits per heavy atom. The van der Waals surface area contributed by atoms with Crippen molar-refractivity contribution in [3.05, 3.63) is 24.0 Å². The first kappa shape index (κ1) is 11.9. The third kappa shape index (κ3) is 2.40. The van der Waals surface area contributed by atoms with Gasteiger partial charge in [-0.3, -0.25) is 4.98 Å². The van der Waals surface area contributed by atoms with Gasteiger partial charge in [0.15, 0.2) is 0 Å². The van der Waals surface area contributed by atoms with Crippen molar-refractivity contribution in [1.29, 1.82) is 0 Å². The molecule has 1 unspecified atom stereocenters. The Balaban J connectivity index is 2.20. The fourth-order valence-electron chi connectivity index (χ4n) is 2.33. The minimum Gasteiger partial charge on any atom is -0.464 e. The van der Waals surface area contributed by atoms with Crippen LogP contribution >= 0.6 is 0 Å². The van der Waals surface area contributed by atoms with Crippen LogP contribution in [0, 0.1) is 6.92 Å². The normalized spacial score (nSPS) is 19.4. The first-order valence-electron chi connectivity index (χ1n) is 6.08. The van der Waals surface area contributed by atoms with Gasteiger partial charge in [0.05, 0.1) is 6.61 Å². The third-order valence-corrected chi connectivity index (χ3v) is 3.11. The van der Waals surface area contributed by atoms with Crippen molar-refractivity contribution in [3.63, 3.8) is 0 Å². The number of aromatic nitrogens is 1. The number of ether oxygens (including phenoxy) is 1. The number of rotatable bonds is 3. The van der Waals surface area contributed by atoms with Crippen LogP contribution < -0.4 is 4.90 Å². The quantitative estimate of drug-likeness (QED) is 0.749. The molecule has 0 saturated carbocycles. The molecule has 1 fully saturated rings. The van der Waals surface area contributed by atoms with Gasteiger partial charge in [-0.05, 0) is 38.3 Å². The van der Waals surface area contributed by atoms with Crippen molar-refractivity contribution in [3.8, 4) is 0 Å². The van der Waals surface area contributed by atoms with Gasteiger partial charge >= 0.3 is 5.97 Å². The van der Waals surface area contributed by atoms with Crippen LogP contribution in [-0.4, -0.2) is 30.1 Å². The zero-order chi connectivity index (χ0) is 12.3. The van der Waals surface area contributed by atoms with Crippen LogP contribution in [-0.2, 0) is 9.53 Å². The Bertz CT molecular complexity index is 406. The molecular formula is C13H18N2O2. The van der Waals surface area contributed by atoms with E-state index in [0.717, 1.165) is 30.6 Å². The molecule has 0 bridgehead atoms. The van der Waals surface area contributed by atoms with E-state index in [4.69, 9.17) is 4.74 Å². The summed E-state index contributed by atoms with van der Waals surface area (Å²) < 4.78 is 5.12. The van der Waals surface area contributed by atoms with Crippen molar-refractivity contribution in [2.45, 2.75) is 32.7 Å². The monoisotopic (exact) mass is 234 g/mol. The lowest BCUT2D eigenvalue weighted by atomic mass is 10.2. The summed E-state index contributed by atoms with van der Waals surface area (Å²) in [5.41, 5.74) is 2.19. The van der Waals surface area contributed by atoms with Crippen molar-refractivity contribution in [2.24, 2.45) is 0 Å². The predicted molar refractivity (Wildman–Crippen MR) is 66.0 cm³/mol. The van der Waals surface area contributed by atoms with Crippen molar-refractivity contribution in [2.75, 3.05) is 18.1 Å². The lowest BCUT2D eigenvalue weighted by Crippen LogP contribution is -2.37. The van der Waals surface area contributed by atoms with Gasteiger partial charge in [-0.2, -0.15) is 0 Å². The Kier molecular flexibility index (Phi) is 3.61. The van der Waals surface area contributed by atoms with Crippen LogP contribution in [0.1, 0.15) is 25.3 Å². The number of hydrogen-bond donors (Lipinski definition) is 0. The number of pyridine rings is 1. The van der Waals surface area contributed by atoms with E-state index in [1.54, 1.807) is 6.20 Å². The molecular weight excluding hydrogens is 216 g/mol. The van der Waals surface area contributed by atoms with Crippen molar-refractivity contribution >= 4 is 11.7 Å². The molecule has 92 valence electrons. The number of carbonyl (C=O) groups is 1. The number of esters is 1. The Labute approximate surface area is 102 Å². The van der Waals surface area contributed by atoms with E-state index in [9.17, 15) is 4.79 Å². The molecule has 4 heteroatoms. The molecule has 1 aliphatic rings. The summed E-state index contributed by atoms with van der Waals surface area (Å²) in [6.07, 6.45) is 5.50. The molecule has 1 saturated heterocycles. The lowest BCUT2D eigenvalue weighted by Gasteiger charge is -2.26. The summed E-state index contributed by atoms with van der Waals surface area (Å²) in [4.78, 5) is 18.1. The molecule has 2 heterocycles. The molecule has 0 spiro atoms. The fraction of sp³-hybridized carbons (Fsp3) is 0.538. The molecule has 0 N–H and O–H groups in total. The highest BCUT2D eigenvalue weighted by atomic mass is 16.5. The molecule has 0 amide bonds. The third-order valence-electron chi connectivity index (χ3n) is 3.11. The molecule has 1 aromatic rings. The molecule has 0 aliphatic carbocycles.